The number of aryl methyl sites for hydroxylation is 1. The van der Waals surface area contributed by atoms with Crippen molar-refractivity contribution in [2.75, 3.05) is 13.1 Å². The Labute approximate surface area is 162 Å². The van der Waals surface area contributed by atoms with Gasteiger partial charge in [0.1, 0.15) is 5.82 Å². The highest BCUT2D eigenvalue weighted by Gasteiger charge is 2.29. The molecule has 1 saturated heterocycles. The molecule has 1 atom stereocenters. The van der Waals surface area contributed by atoms with E-state index in [0.29, 0.717) is 12.0 Å². The van der Waals surface area contributed by atoms with Crippen LogP contribution in [0.3, 0.4) is 0 Å². The molecule has 1 aliphatic carbocycles. The maximum atomic E-state index is 13.7. The molecule has 4 nitrogen and oxygen atoms in total. The number of nitrogens with one attached hydrogen (secondary N) is 1. The summed E-state index contributed by atoms with van der Waals surface area (Å²) in [5.74, 6) is -0.324. The van der Waals surface area contributed by atoms with E-state index >= 15 is 0 Å². The summed E-state index contributed by atoms with van der Waals surface area (Å²) < 4.78 is 13.7. The van der Waals surface area contributed by atoms with E-state index in [4.69, 9.17) is 0 Å². The lowest BCUT2D eigenvalue weighted by atomic mass is 9.87. The highest BCUT2D eigenvalue weighted by Crippen LogP contribution is 2.33. The van der Waals surface area contributed by atoms with Crippen molar-refractivity contribution in [1.29, 1.82) is 0 Å². The smallest absolute Gasteiger partial charge is 0.263 e. The van der Waals surface area contributed by atoms with Gasteiger partial charge >= 0.3 is 0 Å². The van der Waals surface area contributed by atoms with E-state index in [1.807, 2.05) is 11.0 Å². The Balaban J connectivity index is 1.38. The van der Waals surface area contributed by atoms with Crippen molar-refractivity contribution in [2.45, 2.75) is 38.6 Å². The van der Waals surface area contributed by atoms with Crippen LogP contribution in [-0.2, 0) is 24.2 Å². The maximum Gasteiger partial charge on any atom is 0.263 e. The highest BCUT2D eigenvalue weighted by molar-refractivity contribution is 7.14. The number of halogens is 1. The minimum atomic E-state index is -0.299. The zero-order valence-corrected chi connectivity index (χ0v) is 16.0. The van der Waals surface area contributed by atoms with Crippen LogP contribution in [0, 0.1) is 11.7 Å². The second-order valence-electron chi connectivity index (χ2n) is 7.31. The van der Waals surface area contributed by atoms with Gasteiger partial charge in [0.05, 0.1) is 4.88 Å². The summed E-state index contributed by atoms with van der Waals surface area (Å²) >= 11 is 1.58. The van der Waals surface area contributed by atoms with Crippen LogP contribution in [0.4, 0.5) is 4.39 Å². The van der Waals surface area contributed by atoms with E-state index in [9.17, 15) is 14.0 Å². The first-order valence-corrected chi connectivity index (χ1v) is 10.4. The molecular formula is C21H23FN2O2S. The zero-order valence-electron chi connectivity index (χ0n) is 15.2. The fourth-order valence-electron chi connectivity index (χ4n) is 3.90. The molecule has 0 radical (unpaired) electrons. The summed E-state index contributed by atoms with van der Waals surface area (Å²) in [4.78, 5) is 29.1. The predicted octanol–water partition coefficient (Wildman–Crippen LogP) is 3.54. The van der Waals surface area contributed by atoms with Gasteiger partial charge in [-0.2, -0.15) is 0 Å². The first-order chi connectivity index (χ1) is 13.1. The first-order valence-electron chi connectivity index (χ1n) is 9.54. The molecule has 1 aromatic heterocycles. The van der Waals surface area contributed by atoms with Crippen molar-refractivity contribution in [3.8, 4) is 0 Å². The predicted molar refractivity (Wildman–Crippen MR) is 103 cm³/mol. The molecule has 2 aromatic rings. The lowest BCUT2D eigenvalue weighted by Crippen LogP contribution is -2.33. The number of rotatable bonds is 4. The van der Waals surface area contributed by atoms with Gasteiger partial charge in [0, 0.05) is 36.0 Å². The number of likely N-dealkylation sites (tertiary alicyclic amines) is 1. The van der Waals surface area contributed by atoms with Crippen molar-refractivity contribution < 1.29 is 14.0 Å². The van der Waals surface area contributed by atoms with E-state index in [2.05, 4.69) is 5.32 Å². The molecule has 0 spiro atoms. The van der Waals surface area contributed by atoms with Crippen molar-refractivity contribution in [2.24, 2.45) is 5.92 Å². The lowest BCUT2D eigenvalue weighted by Gasteiger charge is -2.21. The largest absolute Gasteiger partial charge is 0.352 e. The van der Waals surface area contributed by atoms with Crippen LogP contribution in [-0.4, -0.2) is 29.8 Å². The number of hydrogen-bond acceptors (Lipinski definition) is 3. The number of nitrogens with zero attached hydrogens (tertiary/aromatic N) is 1. The van der Waals surface area contributed by atoms with Crippen LogP contribution >= 0.6 is 11.3 Å². The van der Waals surface area contributed by atoms with Crippen LogP contribution in [0.15, 0.2) is 30.3 Å². The van der Waals surface area contributed by atoms with Gasteiger partial charge in [-0.15, -0.1) is 11.3 Å². The maximum absolute atomic E-state index is 13.7. The molecule has 1 fully saturated rings. The molecule has 1 aliphatic heterocycles. The fraction of sp³-hybridized carbons (Fsp3) is 0.429. The van der Waals surface area contributed by atoms with Crippen LogP contribution in [0.1, 0.15) is 44.9 Å². The summed E-state index contributed by atoms with van der Waals surface area (Å²) in [5.41, 5.74) is 1.62. The molecule has 2 aliphatic rings. The average Bonchev–Trinajstić information content (AvgIpc) is 3.35. The zero-order chi connectivity index (χ0) is 18.8. The highest BCUT2D eigenvalue weighted by atomic mass is 32.1. The van der Waals surface area contributed by atoms with Gasteiger partial charge in [-0.25, -0.2) is 4.39 Å². The number of fused-ring (bicyclic) bond motifs is 1. The average molecular weight is 386 g/mol. The van der Waals surface area contributed by atoms with Crippen LogP contribution in [0.2, 0.25) is 0 Å². The van der Waals surface area contributed by atoms with Gasteiger partial charge in [0.25, 0.3) is 5.91 Å². The minimum Gasteiger partial charge on any atom is -0.352 e. The molecule has 1 N–H and O–H groups in total. The third-order valence-corrected chi connectivity index (χ3v) is 6.69. The molecule has 2 heterocycles. The Morgan fingerprint density at radius 1 is 1.22 bits per heavy atom. The molecule has 4 rings (SSSR count). The van der Waals surface area contributed by atoms with Gasteiger partial charge in [-0.3, -0.25) is 9.59 Å². The lowest BCUT2D eigenvalue weighted by molar-refractivity contribution is -0.125. The molecule has 0 saturated carbocycles. The molecule has 27 heavy (non-hydrogen) atoms. The SMILES string of the molecule is O=C(NCc1ccccc1F)C1CCc2sc(C(=O)N3CCCC3)cc2C1. The van der Waals surface area contributed by atoms with Gasteiger partial charge in [0.15, 0.2) is 0 Å². The molecule has 1 unspecified atom stereocenters. The van der Waals surface area contributed by atoms with E-state index in [0.717, 1.165) is 49.2 Å². The number of carbonyl (C=O) groups is 2. The number of thiophene rings is 1. The number of amides is 2. The van der Waals surface area contributed by atoms with Crippen molar-refractivity contribution in [3.63, 3.8) is 0 Å². The minimum absolute atomic E-state index is 0.0393. The Kier molecular flexibility index (Phi) is 5.25. The Morgan fingerprint density at radius 2 is 2.00 bits per heavy atom. The number of benzene rings is 1. The molecule has 1 aromatic carbocycles. The van der Waals surface area contributed by atoms with Crippen LogP contribution in [0.5, 0.6) is 0 Å². The molecular weight excluding hydrogens is 363 g/mol. The third-order valence-electron chi connectivity index (χ3n) is 5.47. The Bertz CT molecular complexity index is 858. The van der Waals surface area contributed by atoms with Crippen LogP contribution in [0.25, 0.3) is 0 Å². The second-order valence-corrected chi connectivity index (χ2v) is 8.44. The monoisotopic (exact) mass is 386 g/mol. The van der Waals surface area contributed by atoms with Gasteiger partial charge < -0.3 is 10.2 Å². The Morgan fingerprint density at radius 3 is 2.78 bits per heavy atom. The summed E-state index contributed by atoms with van der Waals surface area (Å²) in [6.07, 6.45) is 4.42. The summed E-state index contributed by atoms with van der Waals surface area (Å²) in [5, 5.41) is 2.86. The molecule has 6 heteroatoms. The van der Waals surface area contributed by atoms with E-state index in [1.54, 1.807) is 29.5 Å². The van der Waals surface area contributed by atoms with Crippen molar-refractivity contribution >= 4 is 23.2 Å². The number of hydrogen-bond donors (Lipinski definition) is 1. The number of carbonyl (C=O) groups excluding carboxylic acids is 2. The van der Waals surface area contributed by atoms with Gasteiger partial charge in [-0.05, 0) is 49.8 Å². The summed E-state index contributed by atoms with van der Waals surface area (Å²) in [6.45, 7) is 1.90. The van der Waals surface area contributed by atoms with E-state index in [1.165, 1.54) is 10.9 Å². The fourth-order valence-corrected chi connectivity index (χ4v) is 5.07. The molecule has 142 valence electrons. The Hall–Kier alpha value is -2.21. The third kappa shape index (κ3) is 3.90. The van der Waals surface area contributed by atoms with Crippen molar-refractivity contribution in [1.82, 2.24) is 10.2 Å². The van der Waals surface area contributed by atoms with Gasteiger partial charge in [0.2, 0.25) is 5.91 Å². The van der Waals surface area contributed by atoms with Crippen LogP contribution < -0.4 is 5.32 Å². The molecule has 0 bridgehead atoms. The topological polar surface area (TPSA) is 49.4 Å². The van der Waals surface area contributed by atoms with Crippen molar-refractivity contribution in [3.05, 3.63) is 57.0 Å². The first kappa shape index (κ1) is 18.2. The van der Waals surface area contributed by atoms with Gasteiger partial charge in [-0.1, -0.05) is 18.2 Å². The quantitative estimate of drug-likeness (QED) is 0.874. The standard InChI is InChI=1S/C21H23FN2O2S/c22-17-6-2-1-5-15(17)13-23-20(25)14-7-8-18-16(11-14)12-19(27-18)21(26)24-9-3-4-10-24/h1-2,5-6,12,14H,3-4,7-11,13H2,(H,23,25). The second kappa shape index (κ2) is 7.80. The van der Waals surface area contributed by atoms with E-state index < -0.39 is 0 Å². The summed E-state index contributed by atoms with van der Waals surface area (Å²) in [7, 11) is 0. The summed E-state index contributed by atoms with van der Waals surface area (Å²) in [6, 6.07) is 8.47. The van der Waals surface area contributed by atoms with E-state index in [-0.39, 0.29) is 30.1 Å². The normalized spacial score (nSPS) is 19.0. The molecule has 2 amide bonds.